The second kappa shape index (κ2) is 6.87. The summed E-state index contributed by atoms with van der Waals surface area (Å²) in [7, 11) is -3.57. The standard InChI is InChI=1S/C13H24N4O3S/c1-9(2)20-7-6-15-21(18,19)13-10(3)16-17-12(13)8-14-11-4-5-11/h9,11,14-15H,4-8H2,1-3H3,(H,16,17). The van der Waals surface area contributed by atoms with Crippen molar-refractivity contribution in [2.75, 3.05) is 13.2 Å². The number of sulfonamides is 1. The molecule has 0 saturated heterocycles. The van der Waals surface area contributed by atoms with Gasteiger partial charge in [0.05, 0.1) is 24.1 Å². The van der Waals surface area contributed by atoms with Gasteiger partial charge in [0.1, 0.15) is 4.90 Å². The van der Waals surface area contributed by atoms with Crippen molar-refractivity contribution in [3.8, 4) is 0 Å². The highest BCUT2D eigenvalue weighted by atomic mass is 32.2. The Morgan fingerprint density at radius 2 is 2.14 bits per heavy atom. The van der Waals surface area contributed by atoms with Crippen LogP contribution in [-0.2, 0) is 21.3 Å². The van der Waals surface area contributed by atoms with Crippen LogP contribution in [-0.4, -0.2) is 43.9 Å². The van der Waals surface area contributed by atoms with Crippen LogP contribution in [0.4, 0.5) is 0 Å². The van der Waals surface area contributed by atoms with Crippen molar-refractivity contribution in [1.29, 1.82) is 0 Å². The van der Waals surface area contributed by atoms with E-state index in [9.17, 15) is 8.42 Å². The first-order valence-corrected chi connectivity index (χ1v) is 8.77. The Balaban J connectivity index is 1.98. The number of H-pyrrole nitrogens is 1. The van der Waals surface area contributed by atoms with Gasteiger partial charge >= 0.3 is 0 Å². The van der Waals surface area contributed by atoms with Gasteiger partial charge < -0.3 is 10.1 Å². The zero-order chi connectivity index (χ0) is 15.5. The average molecular weight is 316 g/mol. The van der Waals surface area contributed by atoms with Gasteiger partial charge in [0.2, 0.25) is 10.0 Å². The molecule has 1 aliphatic carbocycles. The molecule has 0 radical (unpaired) electrons. The van der Waals surface area contributed by atoms with Crippen LogP contribution in [0.3, 0.4) is 0 Å². The van der Waals surface area contributed by atoms with Gasteiger partial charge in [-0.3, -0.25) is 5.10 Å². The Hall–Kier alpha value is -0.960. The van der Waals surface area contributed by atoms with Gasteiger partial charge in [-0.1, -0.05) is 0 Å². The molecule has 1 aromatic heterocycles. The Bertz CT molecular complexity index is 564. The number of aromatic nitrogens is 2. The maximum atomic E-state index is 12.4. The molecule has 0 amide bonds. The summed E-state index contributed by atoms with van der Waals surface area (Å²) in [5.41, 5.74) is 1.09. The summed E-state index contributed by atoms with van der Waals surface area (Å²) in [5.74, 6) is 0. The molecule has 0 atom stereocenters. The molecular weight excluding hydrogens is 292 g/mol. The number of ether oxygens (including phenoxy) is 1. The number of nitrogens with one attached hydrogen (secondary N) is 3. The van der Waals surface area contributed by atoms with Crippen LogP contribution in [0, 0.1) is 6.92 Å². The molecule has 3 N–H and O–H groups in total. The minimum Gasteiger partial charge on any atom is -0.377 e. The van der Waals surface area contributed by atoms with E-state index < -0.39 is 10.0 Å². The lowest BCUT2D eigenvalue weighted by Gasteiger charge is -2.10. The first kappa shape index (κ1) is 16.4. The number of rotatable bonds is 9. The third kappa shape index (κ3) is 4.77. The van der Waals surface area contributed by atoms with Crippen molar-refractivity contribution in [3.05, 3.63) is 11.4 Å². The SMILES string of the molecule is Cc1[nH]nc(CNC2CC2)c1S(=O)(=O)NCCOC(C)C. The molecule has 8 heteroatoms. The fourth-order valence-electron chi connectivity index (χ4n) is 2.02. The predicted molar refractivity (Wildman–Crippen MR) is 79.5 cm³/mol. The fourth-order valence-corrected chi connectivity index (χ4v) is 3.39. The van der Waals surface area contributed by atoms with E-state index in [1.165, 1.54) is 0 Å². The molecule has 0 spiro atoms. The van der Waals surface area contributed by atoms with Gasteiger partial charge in [0, 0.05) is 19.1 Å². The van der Waals surface area contributed by atoms with Crippen molar-refractivity contribution in [1.82, 2.24) is 20.2 Å². The van der Waals surface area contributed by atoms with E-state index in [0.29, 0.717) is 30.6 Å². The van der Waals surface area contributed by atoms with Crippen molar-refractivity contribution in [2.24, 2.45) is 0 Å². The quantitative estimate of drug-likeness (QED) is 0.582. The fraction of sp³-hybridized carbons (Fsp3) is 0.769. The van der Waals surface area contributed by atoms with E-state index >= 15 is 0 Å². The number of nitrogens with zero attached hydrogens (tertiary/aromatic N) is 1. The summed E-state index contributed by atoms with van der Waals surface area (Å²) in [6, 6.07) is 0.505. The van der Waals surface area contributed by atoms with Crippen molar-refractivity contribution in [2.45, 2.75) is 57.2 Å². The number of aryl methyl sites for hydroxylation is 1. The van der Waals surface area contributed by atoms with Crippen LogP contribution in [0.2, 0.25) is 0 Å². The molecular formula is C13H24N4O3S. The van der Waals surface area contributed by atoms with E-state index in [4.69, 9.17) is 4.74 Å². The van der Waals surface area contributed by atoms with Gasteiger partial charge in [0.15, 0.2) is 0 Å². The van der Waals surface area contributed by atoms with Gasteiger partial charge in [-0.25, -0.2) is 13.1 Å². The van der Waals surface area contributed by atoms with E-state index in [1.54, 1.807) is 6.92 Å². The number of hydrogen-bond donors (Lipinski definition) is 3. The molecule has 1 fully saturated rings. The molecule has 1 saturated carbocycles. The first-order valence-electron chi connectivity index (χ1n) is 7.28. The molecule has 1 heterocycles. The normalized spacial score (nSPS) is 15.8. The van der Waals surface area contributed by atoms with E-state index in [2.05, 4.69) is 20.2 Å². The smallest absolute Gasteiger partial charge is 0.244 e. The summed E-state index contributed by atoms with van der Waals surface area (Å²) < 4.78 is 32.7. The van der Waals surface area contributed by atoms with Crippen molar-refractivity contribution in [3.63, 3.8) is 0 Å². The lowest BCUT2D eigenvalue weighted by Crippen LogP contribution is -2.30. The van der Waals surface area contributed by atoms with E-state index in [0.717, 1.165) is 12.8 Å². The lowest BCUT2D eigenvalue weighted by atomic mass is 10.3. The predicted octanol–water partition coefficient (Wildman–Crippen LogP) is 0.673. The Morgan fingerprint density at radius 1 is 1.43 bits per heavy atom. The summed E-state index contributed by atoms with van der Waals surface area (Å²) in [4.78, 5) is 0.250. The summed E-state index contributed by atoms with van der Waals surface area (Å²) in [6.45, 7) is 6.61. The lowest BCUT2D eigenvalue weighted by molar-refractivity contribution is 0.0834. The highest BCUT2D eigenvalue weighted by Crippen LogP contribution is 2.21. The summed E-state index contributed by atoms with van der Waals surface area (Å²) in [6.07, 6.45) is 2.38. The Morgan fingerprint density at radius 3 is 2.76 bits per heavy atom. The third-order valence-corrected chi connectivity index (χ3v) is 4.87. The molecule has 0 bridgehead atoms. The molecule has 0 aromatic carbocycles. The van der Waals surface area contributed by atoms with Crippen LogP contribution in [0.1, 0.15) is 38.1 Å². The second-order valence-corrected chi connectivity index (χ2v) is 7.30. The zero-order valence-electron chi connectivity index (χ0n) is 12.8. The monoisotopic (exact) mass is 316 g/mol. The first-order chi connectivity index (χ1) is 9.90. The van der Waals surface area contributed by atoms with Crippen LogP contribution >= 0.6 is 0 Å². The maximum Gasteiger partial charge on any atom is 0.244 e. The van der Waals surface area contributed by atoms with Crippen LogP contribution < -0.4 is 10.0 Å². The number of hydrogen-bond acceptors (Lipinski definition) is 5. The topological polar surface area (TPSA) is 96.1 Å². The maximum absolute atomic E-state index is 12.4. The van der Waals surface area contributed by atoms with Crippen LogP contribution in [0.15, 0.2) is 4.90 Å². The van der Waals surface area contributed by atoms with Crippen molar-refractivity contribution < 1.29 is 13.2 Å². The van der Waals surface area contributed by atoms with E-state index in [1.807, 2.05) is 13.8 Å². The minimum absolute atomic E-state index is 0.0865. The Kier molecular flexibility index (Phi) is 5.37. The molecule has 0 aliphatic heterocycles. The molecule has 2 rings (SSSR count). The highest BCUT2D eigenvalue weighted by molar-refractivity contribution is 7.89. The molecule has 7 nitrogen and oxygen atoms in total. The van der Waals surface area contributed by atoms with Gasteiger partial charge in [-0.15, -0.1) is 0 Å². The molecule has 120 valence electrons. The van der Waals surface area contributed by atoms with E-state index in [-0.39, 0.29) is 17.5 Å². The third-order valence-electron chi connectivity index (χ3n) is 3.21. The summed E-state index contributed by atoms with van der Waals surface area (Å²) in [5, 5.41) is 10.1. The minimum atomic E-state index is -3.57. The highest BCUT2D eigenvalue weighted by Gasteiger charge is 2.26. The van der Waals surface area contributed by atoms with Gasteiger partial charge in [-0.2, -0.15) is 5.10 Å². The molecule has 0 unspecified atom stereocenters. The van der Waals surface area contributed by atoms with Crippen LogP contribution in [0.5, 0.6) is 0 Å². The second-order valence-electron chi connectivity index (χ2n) is 5.60. The summed E-state index contributed by atoms with van der Waals surface area (Å²) >= 11 is 0. The van der Waals surface area contributed by atoms with Crippen LogP contribution in [0.25, 0.3) is 0 Å². The molecule has 21 heavy (non-hydrogen) atoms. The largest absolute Gasteiger partial charge is 0.377 e. The number of aromatic amines is 1. The van der Waals surface area contributed by atoms with Crippen molar-refractivity contribution >= 4 is 10.0 Å². The zero-order valence-corrected chi connectivity index (χ0v) is 13.6. The van der Waals surface area contributed by atoms with Gasteiger partial charge in [-0.05, 0) is 33.6 Å². The van der Waals surface area contributed by atoms with Gasteiger partial charge in [0.25, 0.3) is 0 Å². The molecule has 1 aliphatic rings. The molecule has 1 aromatic rings. The average Bonchev–Trinajstić information content (AvgIpc) is 3.15. The Labute approximate surface area is 125 Å².